The summed E-state index contributed by atoms with van der Waals surface area (Å²) in [6, 6.07) is 2.72. The quantitative estimate of drug-likeness (QED) is 0.821. The maximum absolute atomic E-state index is 13.1. The smallest absolute Gasteiger partial charge is 0.306 e. The van der Waals surface area contributed by atoms with Crippen molar-refractivity contribution < 1.29 is 23.1 Å². The van der Waals surface area contributed by atoms with Crippen LogP contribution in [0.3, 0.4) is 0 Å². The van der Waals surface area contributed by atoms with Gasteiger partial charge in [-0.2, -0.15) is 0 Å². The van der Waals surface area contributed by atoms with Gasteiger partial charge in [-0.3, -0.25) is 9.59 Å². The fourth-order valence-corrected chi connectivity index (χ4v) is 1.12. The Morgan fingerprint density at radius 3 is 2.65 bits per heavy atom. The van der Waals surface area contributed by atoms with Crippen molar-refractivity contribution in [2.24, 2.45) is 0 Å². The predicted molar refractivity (Wildman–Crippen MR) is 56.2 cm³/mol. The first kappa shape index (κ1) is 13.1. The number of carbonyl (C=O) groups is 2. The standard InChI is InChI=1S/C11H11F2NO3/c1-17-11(16)5-4-10(15)14-9-6-7(12)2-3-8(9)13/h2-3,6H,4-5H2,1H3,(H,14,15). The zero-order valence-corrected chi connectivity index (χ0v) is 9.13. The number of esters is 1. The van der Waals surface area contributed by atoms with Gasteiger partial charge in [0.25, 0.3) is 0 Å². The van der Waals surface area contributed by atoms with Gasteiger partial charge in [0.1, 0.15) is 11.6 Å². The summed E-state index contributed by atoms with van der Waals surface area (Å²) < 4.78 is 30.2. The number of methoxy groups -OCH3 is 1. The first-order valence-electron chi connectivity index (χ1n) is 4.84. The summed E-state index contributed by atoms with van der Waals surface area (Å²) >= 11 is 0. The van der Waals surface area contributed by atoms with Crippen LogP contribution in [0.5, 0.6) is 0 Å². The van der Waals surface area contributed by atoms with E-state index in [2.05, 4.69) is 10.1 Å². The average molecular weight is 243 g/mol. The van der Waals surface area contributed by atoms with Crippen molar-refractivity contribution in [2.45, 2.75) is 12.8 Å². The molecule has 0 saturated carbocycles. The lowest BCUT2D eigenvalue weighted by atomic mass is 10.2. The molecule has 1 aromatic rings. The van der Waals surface area contributed by atoms with Gasteiger partial charge in [-0.1, -0.05) is 0 Å². The Morgan fingerprint density at radius 1 is 1.29 bits per heavy atom. The van der Waals surface area contributed by atoms with Gasteiger partial charge >= 0.3 is 5.97 Å². The summed E-state index contributed by atoms with van der Waals surface area (Å²) in [6.07, 6.45) is -0.262. The van der Waals surface area contributed by atoms with E-state index in [0.717, 1.165) is 18.2 Å². The molecule has 1 rings (SSSR count). The monoisotopic (exact) mass is 243 g/mol. The Bertz CT molecular complexity index is 435. The number of rotatable bonds is 4. The molecule has 0 atom stereocenters. The van der Waals surface area contributed by atoms with Crippen molar-refractivity contribution in [3.05, 3.63) is 29.8 Å². The molecule has 1 amide bonds. The summed E-state index contributed by atoms with van der Waals surface area (Å²) in [5, 5.41) is 2.17. The van der Waals surface area contributed by atoms with Crippen LogP contribution in [0.1, 0.15) is 12.8 Å². The molecule has 0 spiro atoms. The van der Waals surface area contributed by atoms with Gasteiger partial charge in [0, 0.05) is 12.5 Å². The van der Waals surface area contributed by atoms with Gasteiger partial charge in [0.2, 0.25) is 5.91 Å². The minimum absolute atomic E-state index is 0.112. The lowest BCUT2D eigenvalue weighted by molar-refractivity contribution is -0.141. The third-order valence-electron chi connectivity index (χ3n) is 1.99. The number of carbonyl (C=O) groups excluding carboxylic acids is 2. The first-order chi connectivity index (χ1) is 8.02. The molecule has 0 bridgehead atoms. The molecule has 0 aliphatic carbocycles. The van der Waals surface area contributed by atoms with E-state index in [9.17, 15) is 18.4 Å². The molecule has 17 heavy (non-hydrogen) atoms. The zero-order valence-electron chi connectivity index (χ0n) is 9.13. The van der Waals surface area contributed by atoms with E-state index in [-0.39, 0.29) is 18.5 Å². The Labute approximate surface area is 96.6 Å². The van der Waals surface area contributed by atoms with E-state index in [0.29, 0.717) is 0 Å². The molecule has 1 aromatic carbocycles. The van der Waals surface area contributed by atoms with Crippen molar-refractivity contribution >= 4 is 17.6 Å². The molecule has 92 valence electrons. The number of anilines is 1. The average Bonchev–Trinajstić information content (AvgIpc) is 2.30. The summed E-state index contributed by atoms with van der Waals surface area (Å²) in [4.78, 5) is 22.0. The minimum Gasteiger partial charge on any atom is -0.469 e. The second-order valence-corrected chi connectivity index (χ2v) is 3.25. The highest BCUT2D eigenvalue weighted by atomic mass is 19.1. The second kappa shape index (κ2) is 5.93. The summed E-state index contributed by atoms with van der Waals surface area (Å²) in [7, 11) is 1.20. The van der Waals surface area contributed by atoms with Gasteiger partial charge in [0.05, 0.1) is 19.2 Å². The third kappa shape index (κ3) is 4.18. The summed E-state index contributed by atoms with van der Waals surface area (Å²) in [5.74, 6) is -2.52. The molecule has 1 N–H and O–H groups in total. The number of halogens is 2. The van der Waals surface area contributed by atoms with Gasteiger partial charge < -0.3 is 10.1 Å². The van der Waals surface area contributed by atoms with Crippen molar-refractivity contribution in [3.63, 3.8) is 0 Å². The highest BCUT2D eigenvalue weighted by Gasteiger charge is 2.10. The fourth-order valence-electron chi connectivity index (χ4n) is 1.12. The second-order valence-electron chi connectivity index (χ2n) is 3.25. The molecule has 4 nitrogen and oxygen atoms in total. The highest BCUT2D eigenvalue weighted by Crippen LogP contribution is 2.15. The van der Waals surface area contributed by atoms with Gasteiger partial charge in [-0.15, -0.1) is 0 Å². The maximum atomic E-state index is 13.1. The topological polar surface area (TPSA) is 55.4 Å². The summed E-state index contributed by atoms with van der Waals surface area (Å²) in [5.41, 5.74) is -0.250. The third-order valence-corrected chi connectivity index (χ3v) is 1.99. The van der Waals surface area contributed by atoms with Crippen LogP contribution in [-0.4, -0.2) is 19.0 Å². The molecule has 0 saturated heterocycles. The summed E-state index contributed by atoms with van der Waals surface area (Å²) in [6.45, 7) is 0. The van der Waals surface area contributed by atoms with Crippen LogP contribution in [0.15, 0.2) is 18.2 Å². The highest BCUT2D eigenvalue weighted by molar-refractivity contribution is 5.92. The molecule has 0 aliphatic heterocycles. The lowest BCUT2D eigenvalue weighted by Crippen LogP contribution is -2.14. The van der Waals surface area contributed by atoms with Crippen LogP contribution in [0.2, 0.25) is 0 Å². The van der Waals surface area contributed by atoms with E-state index in [4.69, 9.17) is 0 Å². The van der Waals surface area contributed by atoms with Crippen molar-refractivity contribution in [2.75, 3.05) is 12.4 Å². The molecular weight excluding hydrogens is 232 g/mol. The van der Waals surface area contributed by atoms with Gasteiger partial charge in [0.15, 0.2) is 0 Å². The molecule has 0 fully saturated rings. The van der Waals surface area contributed by atoms with Crippen LogP contribution < -0.4 is 5.32 Å². The van der Waals surface area contributed by atoms with Crippen molar-refractivity contribution in [1.29, 1.82) is 0 Å². The predicted octanol–water partition coefficient (Wildman–Crippen LogP) is 1.86. The number of nitrogens with one attached hydrogen (secondary N) is 1. The van der Waals surface area contributed by atoms with Crippen LogP contribution in [0.4, 0.5) is 14.5 Å². The number of hydrogen-bond acceptors (Lipinski definition) is 3. The number of benzene rings is 1. The molecule has 0 aromatic heterocycles. The SMILES string of the molecule is COC(=O)CCC(=O)Nc1cc(F)ccc1F. The van der Waals surface area contributed by atoms with Crippen LogP contribution in [-0.2, 0) is 14.3 Å². The zero-order chi connectivity index (χ0) is 12.8. The Kier molecular flexibility index (Phi) is 4.56. The maximum Gasteiger partial charge on any atom is 0.306 e. The molecular formula is C11H11F2NO3. The fraction of sp³-hybridized carbons (Fsp3) is 0.273. The Balaban J connectivity index is 2.56. The molecule has 0 aliphatic rings. The van der Waals surface area contributed by atoms with Crippen LogP contribution >= 0.6 is 0 Å². The van der Waals surface area contributed by atoms with E-state index >= 15 is 0 Å². The van der Waals surface area contributed by atoms with Crippen LogP contribution in [0.25, 0.3) is 0 Å². The van der Waals surface area contributed by atoms with Gasteiger partial charge in [-0.25, -0.2) is 8.78 Å². The Hall–Kier alpha value is -1.98. The number of hydrogen-bond donors (Lipinski definition) is 1. The molecule has 6 heteroatoms. The molecule has 0 heterocycles. The van der Waals surface area contributed by atoms with E-state index in [1.165, 1.54) is 7.11 Å². The largest absolute Gasteiger partial charge is 0.469 e. The van der Waals surface area contributed by atoms with Crippen molar-refractivity contribution in [3.8, 4) is 0 Å². The number of ether oxygens (including phenoxy) is 1. The van der Waals surface area contributed by atoms with Crippen molar-refractivity contribution in [1.82, 2.24) is 0 Å². The number of amides is 1. The van der Waals surface area contributed by atoms with E-state index < -0.39 is 23.5 Å². The normalized spacial score (nSPS) is 9.82. The van der Waals surface area contributed by atoms with Gasteiger partial charge in [-0.05, 0) is 12.1 Å². The first-order valence-corrected chi connectivity index (χ1v) is 4.84. The molecule has 0 unspecified atom stereocenters. The Morgan fingerprint density at radius 2 is 2.00 bits per heavy atom. The minimum atomic E-state index is -0.738. The molecule has 0 radical (unpaired) electrons. The van der Waals surface area contributed by atoms with Crippen LogP contribution in [0, 0.1) is 11.6 Å². The lowest BCUT2D eigenvalue weighted by Gasteiger charge is -2.05. The van der Waals surface area contributed by atoms with E-state index in [1.807, 2.05) is 0 Å². The van der Waals surface area contributed by atoms with E-state index in [1.54, 1.807) is 0 Å².